The van der Waals surface area contributed by atoms with Crippen molar-refractivity contribution in [2.45, 2.75) is 31.0 Å². The van der Waals surface area contributed by atoms with Gasteiger partial charge in [-0.05, 0) is 30.2 Å². The van der Waals surface area contributed by atoms with Gasteiger partial charge in [-0.2, -0.15) is 0 Å². The monoisotopic (exact) mass is 455 g/mol. The highest BCUT2D eigenvalue weighted by Gasteiger charge is 2.22. The van der Waals surface area contributed by atoms with Gasteiger partial charge in [-0.3, -0.25) is 0 Å². The third-order valence-electron chi connectivity index (χ3n) is 4.89. The van der Waals surface area contributed by atoms with Gasteiger partial charge in [0.05, 0.1) is 17.3 Å². The largest absolute Gasteiger partial charge is 0.382 e. The lowest BCUT2D eigenvalue weighted by molar-refractivity contribution is 0.592. The molecule has 1 aromatic carbocycles. The zero-order valence-corrected chi connectivity index (χ0v) is 18.3. The van der Waals surface area contributed by atoms with Crippen LogP contribution in [-0.4, -0.2) is 39.2 Å². The summed E-state index contributed by atoms with van der Waals surface area (Å²) < 4.78 is 39.5. The van der Waals surface area contributed by atoms with Gasteiger partial charge in [-0.15, -0.1) is 5.10 Å². The lowest BCUT2D eigenvalue weighted by atomic mass is 10.0. The number of halogens is 1. The van der Waals surface area contributed by atoms with E-state index in [1.54, 1.807) is 36.7 Å². The molecule has 0 saturated heterocycles. The molecule has 166 valence electrons. The molecule has 11 heteroatoms. The quantitative estimate of drug-likeness (QED) is 0.406. The molecule has 0 fully saturated rings. The van der Waals surface area contributed by atoms with E-state index in [2.05, 4.69) is 25.4 Å². The van der Waals surface area contributed by atoms with Gasteiger partial charge in [-0.1, -0.05) is 25.5 Å². The number of hydrogen-bond donors (Lipinski definition) is 2. The predicted molar refractivity (Wildman–Crippen MR) is 119 cm³/mol. The van der Waals surface area contributed by atoms with Crippen molar-refractivity contribution in [2.75, 3.05) is 17.3 Å². The molecule has 0 spiro atoms. The zero-order chi connectivity index (χ0) is 22.9. The highest BCUT2D eigenvalue weighted by atomic mass is 32.2. The summed E-state index contributed by atoms with van der Waals surface area (Å²) in [5, 5.41) is 7.15. The Morgan fingerprint density at radius 2 is 1.97 bits per heavy atom. The summed E-state index contributed by atoms with van der Waals surface area (Å²) in [6, 6.07) is 9.26. The van der Waals surface area contributed by atoms with Gasteiger partial charge >= 0.3 is 0 Å². The third-order valence-corrected chi connectivity index (χ3v) is 5.73. The third kappa shape index (κ3) is 4.37. The van der Waals surface area contributed by atoms with Crippen LogP contribution in [0.5, 0.6) is 0 Å². The molecule has 3 aromatic heterocycles. The first-order valence-electron chi connectivity index (χ1n) is 9.96. The van der Waals surface area contributed by atoms with Gasteiger partial charge in [0, 0.05) is 24.7 Å². The van der Waals surface area contributed by atoms with Crippen molar-refractivity contribution in [3.05, 3.63) is 60.2 Å². The van der Waals surface area contributed by atoms with Crippen molar-refractivity contribution in [1.82, 2.24) is 24.6 Å². The molecule has 4 rings (SSSR count). The van der Waals surface area contributed by atoms with Crippen LogP contribution in [0.3, 0.4) is 0 Å². The van der Waals surface area contributed by atoms with E-state index in [0.717, 1.165) is 24.7 Å². The van der Waals surface area contributed by atoms with Gasteiger partial charge in [0.15, 0.2) is 11.5 Å². The lowest BCUT2D eigenvalue weighted by Crippen LogP contribution is -2.14. The number of sulfone groups is 1. The Kier molecular flexibility index (Phi) is 5.74. The predicted octanol–water partition coefficient (Wildman–Crippen LogP) is 3.26. The van der Waals surface area contributed by atoms with Crippen LogP contribution in [0.4, 0.5) is 16.0 Å². The summed E-state index contributed by atoms with van der Waals surface area (Å²) in [5.41, 5.74) is 8.10. The fourth-order valence-electron chi connectivity index (χ4n) is 3.43. The number of benzene rings is 1. The maximum Gasteiger partial charge on any atom is 0.249 e. The van der Waals surface area contributed by atoms with Gasteiger partial charge in [0.25, 0.3) is 0 Å². The molecule has 0 bridgehead atoms. The number of nitrogens with zero attached hydrogens (tertiary/aromatic N) is 5. The summed E-state index contributed by atoms with van der Waals surface area (Å²) >= 11 is 0. The molecule has 4 aromatic rings. The minimum absolute atomic E-state index is 0.163. The first-order chi connectivity index (χ1) is 15.3. The average Bonchev–Trinajstić information content (AvgIpc) is 3.09. The SMILES string of the molecule is CCC[C@H](Nc1cc(-c2c(N)nn3cccnc23)nc(S(C)(=O)=O)n1)c1ccc(F)cc1. The van der Waals surface area contributed by atoms with E-state index in [0.29, 0.717) is 17.0 Å². The fraction of sp³-hybridized carbons (Fsp3) is 0.238. The van der Waals surface area contributed by atoms with Gasteiger partial charge in [0.2, 0.25) is 15.0 Å². The Balaban J connectivity index is 1.83. The molecule has 0 unspecified atom stereocenters. The molecular formula is C21H22FN7O2S. The Hall–Kier alpha value is -3.60. The molecule has 3 N–H and O–H groups in total. The molecule has 0 amide bonds. The number of aromatic nitrogens is 5. The normalized spacial score (nSPS) is 12.7. The second-order valence-corrected chi connectivity index (χ2v) is 9.29. The molecule has 0 aliphatic rings. The van der Waals surface area contributed by atoms with E-state index in [-0.39, 0.29) is 28.5 Å². The zero-order valence-electron chi connectivity index (χ0n) is 17.5. The Labute approximate surface area is 184 Å². The highest BCUT2D eigenvalue weighted by molar-refractivity contribution is 7.90. The summed E-state index contributed by atoms with van der Waals surface area (Å²) in [4.78, 5) is 12.8. The number of nitrogens with one attached hydrogen (secondary N) is 1. The van der Waals surface area contributed by atoms with Gasteiger partial charge in [0.1, 0.15) is 11.6 Å². The van der Waals surface area contributed by atoms with Crippen LogP contribution in [0.25, 0.3) is 16.9 Å². The Morgan fingerprint density at radius 1 is 1.22 bits per heavy atom. The minimum atomic E-state index is -3.72. The van der Waals surface area contributed by atoms with Crippen molar-refractivity contribution in [3.8, 4) is 11.3 Å². The molecule has 32 heavy (non-hydrogen) atoms. The van der Waals surface area contributed by atoms with Crippen LogP contribution in [0, 0.1) is 5.82 Å². The summed E-state index contributed by atoms with van der Waals surface area (Å²) in [5.74, 6) is 0.132. The lowest BCUT2D eigenvalue weighted by Gasteiger charge is -2.20. The van der Waals surface area contributed by atoms with E-state index < -0.39 is 9.84 Å². The van der Waals surface area contributed by atoms with Crippen molar-refractivity contribution in [3.63, 3.8) is 0 Å². The number of nitrogen functional groups attached to an aromatic ring is 1. The molecule has 0 radical (unpaired) electrons. The van der Waals surface area contributed by atoms with E-state index in [1.807, 2.05) is 6.92 Å². The van der Waals surface area contributed by atoms with Crippen LogP contribution in [0.2, 0.25) is 0 Å². The van der Waals surface area contributed by atoms with E-state index in [1.165, 1.54) is 16.6 Å². The first-order valence-corrected chi connectivity index (χ1v) is 11.9. The number of hydrogen-bond acceptors (Lipinski definition) is 8. The number of nitrogens with two attached hydrogens (primary N) is 1. The molecular weight excluding hydrogens is 433 g/mol. The van der Waals surface area contributed by atoms with Crippen LogP contribution in [0.1, 0.15) is 31.4 Å². The van der Waals surface area contributed by atoms with Crippen LogP contribution >= 0.6 is 0 Å². The van der Waals surface area contributed by atoms with Gasteiger partial charge < -0.3 is 11.1 Å². The van der Waals surface area contributed by atoms with Crippen molar-refractivity contribution < 1.29 is 12.8 Å². The molecule has 0 saturated carbocycles. The number of fused-ring (bicyclic) bond motifs is 1. The smallest absolute Gasteiger partial charge is 0.249 e. The topological polar surface area (TPSA) is 128 Å². The molecule has 3 heterocycles. The summed E-state index contributed by atoms with van der Waals surface area (Å²) in [6.45, 7) is 2.02. The van der Waals surface area contributed by atoms with E-state index in [4.69, 9.17) is 5.73 Å². The van der Waals surface area contributed by atoms with Crippen LogP contribution in [0.15, 0.2) is 53.9 Å². The molecule has 1 atom stereocenters. The van der Waals surface area contributed by atoms with Crippen LogP contribution in [-0.2, 0) is 9.84 Å². The average molecular weight is 456 g/mol. The summed E-state index contributed by atoms with van der Waals surface area (Å²) in [7, 11) is -3.72. The van der Waals surface area contributed by atoms with Gasteiger partial charge in [-0.25, -0.2) is 32.3 Å². The minimum Gasteiger partial charge on any atom is -0.382 e. The maximum atomic E-state index is 13.4. The van der Waals surface area contributed by atoms with Crippen LogP contribution < -0.4 is 11.1 Å². The maximum absolute atomic E-state index is 13.4. The Bertz CT molecular complexity index is 1370. The number of anilines is 2. The second kappa shape index (κ2) is 8.50. The molecule has 9 nitrogen and oxygen atoms in total. The fourth-order valence-corrected chi connectivity index (χ4v) is 3.96. The van der Waals surface area contributed by atoms with Crippen molar-refractivity contribution in [1.29, 1.82) is 0 Å². The summed E-state index contributed by atoms with van der Waals surface area (Å²) in [6.07, 6.45) is 5.88. The first kappa shape index (κ1) is 21.6. The van der Waals surface area contributed by atoms with E-state index in [9.17, 15) is 12.8 Å². The number of rotatable bonds is 7. The highest BCUT2D eigenvalue weighted by Crippen LogP contribution is 2.31. The van der Waals surface area contributed by atoms with E-state index >= 15 is 0 Å². The van der Waals surface area contributed by atoms with Crippen molar-refractivity contribution in [2.24, 2.45) is 0 Å². The Morgan fingerprint density at radius 3 is 2.66 bits per heavy atom. The van der Waals surface area contributed by atoms with Crippen molar-refractivity contribution >= 4 is 27.1 Å². The molecule has 0 aliphatic heterocycles. The molecule has 0 aliphatic carbocycles. The standard InChI is InChI=1S/C21H22FN7O2S/c1-3-5-15(13-6-8-14(22)9-7-13)25-17-12-16(26-21(27-17)32(2,30)31)18-19(23)28-29-11-4-10-24-20(18)29/h4,6-12,15H,3,5H2,1-2H3,(H2,23,28)(H,25,26,27)/t15-/m0/s1. The second-order valence-electron chi connectivity index (χ2n) is 7.38.